The zero-order chi connectivity index (χ0) is 14.7. The van der Waals surface area contributed by atoms with Crippen LogP contribution in [0.3, 0.4) is 0 Å². The molecule has 0 spiro atoms. The Kier molecular flexibility index (Phi) is 3.84. The van der Waals surface area contributed by atoms with Gasteiger partial charge in [-0.05, 0) is 23.8 Å². The van der Waals surface area contributed by atoms with Gasteiger partial charge in [0.25, 0.3) is 5.91 Å². The van der Waals surface area contributed by atoms with Crippen molar-refractivity contribution in [3.05, 3.63) is 42.5 Å². The van der Waals surface area contributed by atoms with E-state index in [9.17, 15) is 14.4 Å². The summed E-state index contributed by atoms with van der Waals surface area (Å²) in [4.78, 5) is 37.1. The Bertz CT molecular complexity index is 566. The van der Waals surface area contributed by atoms with E-state index >= 15 is 0 Å². The van der Waals surface area contributed by atoms with E-state index < -0.39 is 0 Å². The molecule has 2 rings (SSSR count). The molecule has 0 saturated carbocycles. The Balaban J connectivity index is 2.08. The molecule has 1 aliphatic rings. The molecule has 1 aromatic carbocycles. The first-order chi connectivity index (χ1) is 9.52. The van der Waals surface area contributed by atoms with E-state index in [1.165, 1.54) is 11.0 Å². The first-order valence-electron chi connectivity index (χ1n) is 6.10. The van der Waals surface area contributed by atoms with Crippen LogP contribution in [0.5, 0.6) is 0 Å². The Morgan fingerprint density at radius 2 is 2.00 bits per heavy atom. The van der Waals surface area contributed by atoms with Crippen molar-refractivity contribution in [3.8, 4) is 0 Å². The maximum absolute atomic E-state index is 11.8. The van der Waals surface area contributed by atoms with Gasteiger partial charge in [0.1, 0.15) is 6.54 Å². The summed E-state index contributed by atoms with van der Waals surface area (Å²) in [5.74, 6) is -0.495. The summed E-state index contributed by atoms with van der Waals surface area (Å²) in [5.41, 5.74) is 1.40. The van der Waals surface area contributed by atoms with Crippen molar-refractivity contribution in [2.45, 2.75) is 6.54 Å². The number of benzene rings is 1. The molecule has 1 fully saturated rings. The summed E-state index contributed by atoms with van der Waals surface area (Å²) in [6.45, 7) is 3.83. The average molecular weight is 273 g/mol. The number of amides is 4. The van der Waals surface area contributed by atoms with Crippen LogP contribution in [0.2, 0.25) is 0 Å². The Morgan fingerprint density at radius 3 is 2.50 bits per heavy atom. The van der Waals surface area contributed by atoms with Gasteiger partial charge in [-0.25, -0.2) is 9.69 Å². The smallest absolute Gasteiger partial charge is 0.331 e. The van der Waals surface area contributed by atoms with Gasteiger partial charge in [0.05, 0.1) is 5.69 Å². The SMILES string of the molecule is C=CC(=O)NCc1ccc(N2C(=O)CN(C)C2=O)cc1. The maximum atomic E-state index is 11.8. The third-order valence-electron chi connectivity index (χ3n) is 2.99. The van der Waals surface area contributed by atoms with Crippen molar-refractivity contribution in [3.63, 3.8) is 0 Å². The largest absolute Gasteiger partial charge is 0.348 e. The van der Waals surface area contributed by atoms with Crippen molar-refractivity contribution in [2.75, 3.05) is 18.5 Å². The molecule has 0 aliphatic carbocycles. The molecule has 1 aromatic rings. The van der Waals surface area contributed by atoms with E-state index in [-0.39, 0.29) is 24.4 Å². The topological polar surface area (TPSA) is 69.7 Å². The van der Waals surface area contributed by atoms with Crippen molar-refractivity contribution in [1.29, 1.82) is 0 Å². The fraction of sp³-hybridized carbons (Fsp3) is 0.214. The van der Waals surface area contributed by atoms with Crippen LogP contribution in [0.25, 0.3) is 0 Å². The van der Waals surface area contributed by atoms with Gasteiger partial charge in [-0.2, -0.15) is 0 Å². The molecule has 6 heteroatoms. The number of imide groups is 1. The second-order valence-corrected chi connectivity index (χ2v) is 4.46. The molecule has 0 bridgehead atoms. The monoisotopic (exact) mass is 273 g/mol. The van der Waals surface area contributed by atoms with Gasteiger partial charge < -0.3 is 10.2 Å². The standard InChI is InChI=1S/C14H15N3O3/c1-3-12(18)15-8-10-4-6-11(7-5-10)17-13(19)9-16(2)14(17)20/h3-7H,1,8-9H2,2H3,(H,15,18). The van der Waals surface area contributed by atoms with Gasteiger partial charge in [-0.15, -0.1) is 0 Å². The second-order valence-electron chi connectivity index (χ2n) is 4.46. The van der Waals surface area contributed by atoms with Crippen molar-refractivity contribution in [1.82, 2.24) is 10.2 Å². The van der Waals surface area contributed by atoms with Gasteiger partial charge >= 0.3 is 6.03 Å². The minimum absolute atomic E-state index is 0.0932. The van der Waals surface area contributed by atoms with Crippen molar-refractivity contribution >= 4 is 23.5 Å². The molecular formula is C14H15N3O3. The lowest BCUT2D eigenvalue weighted by Gasteiger charge is -2.14. The first-order valence-corrected chi connectivity index (χ1v) is 6.10. The van der Waals surface area contributed by atoms with E-state index in [4.69, 9.17) is 0 Å². The van der Waals surface area contributed by atoms with Gasteiger partial charge in [0, 0.05) is 13.6 Å². The predicted octanol–water partition coefficient (Wildman–Crippen LogP) is 0.887. The van der Waals surface area contributed by atoms with Crippen LogP contribution < -0.4 is 10.2 Å². The molecule has 1 N–H and O–H groups in total. The Labute approximate surface area is 116 Å². The molecule has 1 saturated heterocycles. The summed E-state index contributed by atoms with van der Waals surface area (Å²) < 4.78 is 0. The second kappa shape index (κ2) is 5.56. The average Bonchev–Trinajstić information content (AvgIpc) is 2.70. The number of hydrogen-bond donors (Lipinski definition) is 1. The number of urea groups is 1. The highest BCUT2D eigenvalue weighted by molar-refractivity contribution is 6.19. The molecule has 6 nitrogen and oxygen atoms in total. The normalized spacial score (nSPS) is 14.7. The highest BCUT2D eigenvalue weighted by Crippen LogP contribution is 2.20. The predicted molar refractivity (Wildman–Crippen MR) is 74.0 cm³/mol. The molecule has 0 atom stereocenters. The quantitative estimate of drug-likeness (QED) is 0.654. The lowest BCUT2D eigenvalue weighted by molar-refractivity contribution is -0.117. The number of anilines is 1. The molecule has 0 unspecified atom stereocenters. The van der Waals surface area contributed by atoms with Crippen LogP contribution in [0.4, 0.5) is 10.5 Å². The van der Waals surface area contributed by atoms with Gasteiger partial charge in [0.2, 0.25) is 5.91 Å². The van der Waals surface area contributed by atoms with Crippen LogP contribution in [0.15, 0.2) is 36.9 Å². The lowest BCUT2D eigenvalue weighted by atomic mass is 10.2. The van der Waals surface area contributed by atoms with Crippen molar-refractivity contribution in [2.24, 2.45) is 0 Å². The fourth-order valence-corrected chi connectivity index (χ4v) is 1.90. The summed E-state index contributed by atoms with van der Waals surface area (Å²) in [6.07, 6.45) is 1.20. The van der Waals surface area contributed by atoms with Crippen LogP contribution in [-0.4, -0.2) is 36.3 Å². The van der Waals surface area contributed by atoms with Gasteiger partial charge in [-0.3, -0.25) is 9.59 Å². The van der Waals surface area contributed by atoms with Crippen molar-refractivity contribution < 1.29 is 14.4 Å². The summed E-state index contributed by atoms with van der Waals surface area (Å²) in [6, 6.07) is 6.56. The van der Waals surface area contributed by atoms with E-state index in [0.717, 1.165) is 10.5 Å². The van der Waals surface area contributed by atoms with E-state index in [2.05, 4.69) is 11.9 Å². The van der Waals surface area contributed by atoms with Gasteiger partial charge in [-0.1, -0.05) is 18.7 Å². The maximum Gasteiger partial charge on any atom is 0.331 e. The highest BCUT2D eigenvalue weighted by atomic mass is 16.2. The lowest BCUT2D eigenvalue weighted by Crippen LogP contribution is -2.31. The van der Waals surface area contributed by atoms with Crippen LogP contribution in [0, 0.1) is 0 Å². The number of nitrogens with zero attached hydrogens (tertiary/aromatic N) is 2. The highest BCUT2D eigenvalue weighted by Gasteiger charge is 2.34. The van der Waals surface area contributed by atoms with Gasteiger partial charge in [0.15, 0.2) is 0 Å². The van der Waals surface area contributed by atoms with E-state index in [1.807, 2.05) is 0 Å². The Morgan fingerprint density at radius 1 is 1.35 bits per heavy atom. The van der Waals surface area contributed by atoms with E-state index in [1.54, 1.807) is 31.3 Å². The minimum atomic E-state index is -0.331. The summed E-state index contributed by atoms with van der Waals surface area (Å²) in [7, 11) is 1.58. The number of carbonyl (C=O) groups excluding carboxylic acids is 3. The molecule has 4 amide bonds. The fourth-order valence-electron chi connectivity index (χ4n) is 1.90. The summed E-state index contributed by atoms with van der Waals surface area (Å²) >= 11 is 0. The third-order valence-corrected chi connectivity index (χ3v) is 2.99. The molecule has 20 heavy (non-hydrogen) atoms. The molecule has 1 heterocycles. The molecular weight excluding hydrogens is 258 g/mol. The molecule has 1 aliphatic heterocycles. The summed E-state index contributed by atoms with van der Waals surface area (Å²) in [5, 5.41) is 2.65. The molecule has 104 valence electrons. The Hall–Kier alpha value is -2.63. The zero-order valence-electron chi connectivity index (χ0n) is 11.1. The number of likely N-dealkylation sites (N-methyl/N-ethyl adjacent to an activating group) is 1. The number of nitrogens with one attached hydrogen (secondary N) is 1. The minimum Gasteiger partial charge on any atom is -0.348 e. The molecule has 0 radical (unpaired) electrons. The van der Waals surface area contributed by atoms with Crippen LogP contribution >= 0.6 is 0 Å². The van der Waals surface area contributed by atoms with E-state index in [0.29, 0.717) is 12.2 Å². The first kappa shape index (κ1) is 13.8. The zero-order valence-corrected chi connectivity index (χ0v) is 11.1. The van der Waals surface area contributed by atoms with Crippen LogP contribution in [0.1, 0.15) is 5.56 Å². The molecule has 0 aromatic heterocycles. The number of rotatable bonds is 4. The van der Waals surface area contributed by atoms with Crippen LogP contribution in [-0.2, 0) is 16.1 Å². The number of hydrogen-bond acceptors (Lipinski definition) is 3. The third kappa shape index (κ3) is 2.69. The number of carbonyl (C=O) groups is 3.